The van der Waals surface area contributed by atoms with E-state index >= 15 is 0 Å². The number of hydrogen-bond donors (Lipinski definition) is 3. The number of aromatic carboxylic acids is 1. The zero-order valence-corrected chi connectivity index (χ0v) is 11.2. The predicted octanol–water partition coefficient (Wildman–Crippen LogP) is 3.50. The van der Waals surface area contributed by atoms with Gasteiger partial charge in [0.05, 0.1) is 4.90 Å². The van der Waals surface area contributed by atoms with Gasteiger partial charge in [-0.1, -0.05) is 11.8 Å². The van der Waals surface area contributed by atoms with E-state index in [0.29, 0.717) is 0 Å². The van der Waals surface area contributed by atoms with Crippen molar-refractivity contribution in [2.75, 3.05) is 0 Å². The van der Waals surface area contributed by atoms with Crippen molar-refractivity contribution in [1.82, 2.24) is 0 Å². The fraction of sp³-hybridized carbons (Fsp3) is 0. The topological polar surface area (TPSA) is 77.8 Å². The van der Waals surface area contributed by atoms with Crippen molar-refractivity contribution < 1.29 is 37.7 Å². The summed E-state index contributed by atoms with van der Waals surface area (Å²) in [6.07, 6.45) is 0. The van der Waals surface area contributed by atoms with Crippen LogP contribution < -0.4 is 0 Å². The van der Waals surface area contributed by atoms with Crippen LogP contribution in [0.2, 0.25) is 0 Å². The zero-order valence-electron chi connectivity index (χ0n) is 10.4. The molecule has 116 valence electrons. The average Bonchev–Trinajstić information content (AvgIpc) is 2.47. The molecule has 0 aromatic heterocycles. The molecule has 2 rings (SSSR count). The summed E-state index contributed by atoms with van der Waals surface area (Å²) < 4.78 is 53.6. The van der Waals surface area contributed by atoms with E-state index in [0.717, 1.165) is 18.2 Å². The Kier molecular flexibility index (Phi) is 4.18. The van der Waals surface area contributed by atoms with Crippen LogP contribution in [0.5, 0.6) is 11.5 Å². The van der Waals surface area contributed by atoms with Crippen LogP contribution in [0, 0.1) is 23.3 Å². The molecule has 0 aliphatic heterocycles. The first-order valence-corrected chi connectivity index (χ1v) is 6.34. The fourth-order valence-electron chi connectivity index (χ4n) is 1.56. The van der Waals surface area contributed by atoms with Gasteiger partial charge in [0.2, 0.25) is 11.6 Å². The Hall–Kier alpha value is -2.42. The molecule has 0 heterocycles. The van der Waals surface area contributed by atoms with Crippen molar-refractivity contribution in [3.05, 3.63) is 47.0 Å². The Morgan fingerprint density at radius 2 is 1.50 bits per heavy atom. The number of phenolic OH excluding ortho intramolecular Hbond substituents is 1. The van der Waals surface area contributed by atoms with Crippen molar-refractivity contribution in [3.63, 3.8) is 0 Å². The van der Waals surface area contributed by atoms with Gasteiger partial charge in [0.25, 0.3) is 0 Å². The quantitative estimate of drug-likeness (QED) is 0.591. The first-order chi connectivity index (χ1) is 10.2. The van der Waals surface area contributed by atoms with E-state index in [1.807, 2.05) is 0 Å². The molecule has 3 N–H and O–H groups in total. The molecule has 0 aliphatic carbocycles. The Balaban J connectivity index is 2.48. The highest BCUT2D eigenvalue weighted by Gasteiger charge is 2.26. The highest BCUT2D eigenvalue weighted by atomic mass is 32.2. The molecular formula is C13H6F4O4S. The van der Waals surface area contributed by atoms with Crippen LogP contribution in [0.15, 0.2) is 28.0 Å². The van der Waals surface area contributed by atoms with E-state index < -0.39 is 51.2 Å². The first kappa shape index (κ1) is 16.0. The lowest BCUT2D eigenvalue weighted by molar-refractivity contribution is 0.0693. The van der Waals surface area contributed by atoms with E-state index in [4.69, 9.17) is 10.2 Å². The Morgan fingerprint density at radius 3 is 1.95 bits per heavy atom. The van der Waals surface area contributed by atoms with Gasteiger partial charge in [-0.05, 0) is 18.2 Å². The number of carboxylic acid groups (broad SMARTS) is 1. The van der Waals surface area contributed by atoms with E-state index in [-0.39, 0.29) is 16.7 Å². The third kappa shape index (κ3) is 2.67. The summed E-state index contributed by atoms with van der Waals surface area (Å²) in [5, 5.41) is 27.0. The second-order valence-corrected chi connectivity index (χ2v) is 5.10. The number of hydrogen-bond acceptors (Lipinski definition) is 4. The number of aromatic hydroxyl groups is 2. The van der Waals surface area contributed by atoms with Crippen LogP contribution in [0.25, 0.3) is 0 Å². The molecule has 2 aromatic rings. The minimum Gasteiger partial charge on any atom is -0.507 e. The van der Waals surface area contributed by atoms with Gasteiger partial charge in [-0.25, -0.2) is 13.6 Å². The lowest BCUT2D eigenvalue weighted by Gasteiger charge is -2.09. The zero-order chi connectivity index (χ0) is 16.6. The highest BCUT2D eigenvalue weighted by Crippen LogP contribution is 2.39. The summed E-state index contributed by atoms with van der Waals surface area (Å²) in [5.41, 5.74) is -0.451. The summed E-state index contributed by atoms with van der Waals surface area (Å²) >= 11 is 0.218. The predicted molar refractivity (Wildman–Crippen MR) is 67.1 cm³/mol. The molecule has 0 unspecified atom stereocenters. The average molecular weight is 334 g/mol. The van der Waals surface area contributed by atoms with Gasteiger partial charge in [-0.2, -0.15) is 8.78 Å². The Labute approximate surface area is 124 Å². The molecule has 4 nitrogen and oxygen atoms in total. The molecule has 0 bridgehead atoms. The van der Waals surface area contributed by atoms with Crippen LogP contribution >= 0.6 is 11.8 Å². The largest absolute Gasteiger partial charge is 0.507 e. The van der Waals surface area contributed by atoms with Gasteiger partial charge in [0, 0.05) is 4.90 Å². The maximum atomic E-state index is 13.6. The molecule has 0 spiro atoms. The smallest absolute Gasteiger partial charge is 0.339 e. The molecule has 0 saturated carbocycles. The standard InChI is InChI=1S/C13H6F4O4S/c14-7-9(16)12(10(17)8(15)11(7)19)22-4-1-2-5(13(20)21)6(18)3-4/h1-3,18-19H,(H,20,21). The summed E-state index contributed by atoms with van der Waals surface area (Å²) in [7, 11) is 0. The van der Waals surface area contributed by atoms with Crippen LogP contribution in [0.4, 0.5) is 17.6 Å². The normalized spacial score (nSPS) is 10.7. The number of carbonyl (C=O) groups is 1. The monoisotopic (exact) mass is 334 g/mol. The van der Waals surface area contributed by atoms with Crippen LogP contribution in [0.1, 0.15) is 10.4 Å². The van der Waals surface area contributed by atoms with Gasteiger partial charge in [-0.15, -0.1) is 0 Å². The van der Waals surface area contributed by atoms with Crippen molar-refractivity contribution in [1.29, 1.82) is 0 Å². The summed E-state index contributed by atoms with van der Waals surface area (Å²) in [6, 6.07) is 2.92. The highest BCUT2D eigenvalue weighted by molar-refractivity contribution is 7.99. The molecule has 2 aromatic carbocycles. The number of rotatable bonds is 3. The van der Waals surface area contributed by atoms with Crippen molar-refractivity contribution in [2.45, 2.75) is 9.79 Å². The molecule has 9 heteroatoms. The number of benzene rings is 2. The van der Waals surface area contributed by atoms with Gasteiger partial charge in [0.1, 0.15) is 11.3 Å². The van der Waals surface area contributed by atoms with Crippen LogP contribution in [-0.4, -0.2) is 21.3 Å². The second-order valence-electron chi connectivity index (χ2n) is 4.02. The minimum absolute atomic E-state index is 0.0650. The van der Waals surface area contributed by atoms with E-state index in [1.54, 1.807) is 0 Å². The first-order valence-electron chi connectivity index (χ1n) is 5.53. The van der Waals surface area contributed by atoms with E-state index in [1.165, 1.54) is 0 Å². The van der Waals surface area contributed by atoms with Gasteiger partial charge >= 0.3 is 5.97 Å². The summed E-state index contributed by atoms with van der Waals surface area (Å²) in [4.78, 5) is 9.57. The Morgan fingerprint density at radius 1 is 0.955 bits per heavy atom. The van der Waals surface area contributed by atoms with Gasteiger partial charge in [0.15, 0.2) is 17.4 Å². The van der Waals surface area contributed by atoms with Crippen molar-refractivity contribution in [3.8, 4) is 11.5 Å². The molecule has 22 heavy (non-hydrogen) atoms. The summed E-state index contributed by atoms with van der Waals surface area (Å²) in [5.74, 6) is -11.4. The van der Waals surface area contributed by atoms with E-state index in [9.17, 15) is 27.5 Å². The molecule has 0 aliphatic rings. The molecule has 0 amide bonds. The second kappa shape index (κ2) is 5.76. The molecule has 0 radical (unpaired) electrons. The van der Waals surface area contributed by atoms with Crippen LogP contribution in [-0.2, 0) is 0 Å². The SMILES string of the molecule is O=C(O)c1ccc(Sc2c(F)c(F)c(O)c(F)c2F)cc1O. The molecule has 0 atom stereocenters. The lowest BCUT2D eigenvalue weighted by atomic mass is 10.2. The van der Waals surface area contributed by atoms with E-state index in [2.05, 4.69) is 0 Å². The number of phenols is 2. The van der Waals surface area contributed by atoms with Crippen molar-refractivity contribution >= 4 is 17.7 Å². The molecule has 0 saturated heterocycles. The fourth-order valence-corrected chi connectivity index (χ4v) is 2.46. The third-order valence-corrected chi connectivity index (χ3v) is 3.67. The van der Waals surface area contributed by atoms with Gasteiger partial charge in [-0.3, -0.25) is 0 Å². The molecule has 0 fully saturated rings. The summed E-state index contributed by atoms with van der Waals surface area (Å²) in [6.45, 7) is 0. The van der Waals surface area contributed by atoms with Gasteiger partial charge < -0.3 is 15.3 Å². The molecular weight excluding hydrogens is 328 g/mol. The Bertz CT molecular complexity index is 750. The minimum atomic E-state index is -1.95. The maximum Gasteiger partial charge on any atom is 0.339 e. The third-order valence-electron chi connectivity index (χ3n) is 2.62. The lowest BCUT2D eigenvalue weighted by Crippen LogP contribution is -1.99. The van der Waals surface area contributed by atoms with Crippen LogP contribution in [0.3, 0.4) is 0 Å². The maximum absolute atomic E-state index is 13.6. The number of halogens is 4. The number of carboxylic acids is 1. The van der Waals surface area contributed by atoms with Crippen molar-refractivity contribution in [2.24, 2.45) is 0 Å².